The standard InChI is InChI=1S/C23H24ClN5O5S.C2HF3O2/c1-25-21(30)19-13-28(35(32,33)17-5-3-14-10-16(24)4-2-15(14)11-17)8-9-29(19)23(31)22-27-18-6-7-26-12-20(18)34-22;3-2(4,5)1(6)7/h2-5,10-11,19,26H,6-9,12-13H2,1H3,(H,25,30);(H,6,7). The van der Waals surface area contributed by atoms with E-state index < -0.39 is 40.0 Å². The third-order valence-electron chi connectivity index (χ3n) is 6.59. The molecule has 2 amide bonds. The number of carboxylic acids is 1. The number of hydrogen-bond donors (Lipinski definition) is 3. The summed E-state index contributed by atoms with van der Waals surface area (Å²) in [5.74, 6) is -3.24. The lowest BCUT2D eigenvalue weighted by molar-refractivity contribution is -0.192. The zero-order chi connectivity index (χ0) is 30.8. The molecule has 1 unspecified atom stereocenters. The topological polar surface area (TPSA) is 162 Å². The van der Waals surface area contributed by atoms with E-state index in [1.807, 2.05) is 0 Å². The van der Waals surface area contributed by atoms with Crippen molar-refractivity contribution >= 4 is 50.2 Å². The molecule has 2 aromatic carbocycles. The van der Waals surface area contributed by atoms with Crippen LogP contribution >= 0.6 is 11.6 Å². The summed E-state index contributed by atoms with van der Waals surface area (Å²) in [5.41, 5.74) is 0.724. The molecule has 17 heteroatoms. The van der Waals surface area contributed by atoms with Crippen molar-refractivity contribution in [3.05, 3.63) is 58.8 Å². The lowest BCUT2D eigenvalue weighted by atomic mass is 10.1. The van der Waals surface area contributed by atoms with Crippen LogP contribution in [0.15, 0.2) is 45.7 Å². The molecule has 226 valence electrons. The Hall–Kier alpha value is -3.73. The number of carboxylic acid groups (broad SMARTS) is 1. The highest BCUT2D eigenvalue weighted by Crippen LogP contribution is 2.27. The van der Waals surface area contributed by atoms with Crippen LogP contribution in [0.25, 0.3) is 10.8 Å². The van der Waals surface area contributed by atoms with E-state index in [2.05, 4.69) is 15.6 Å². The Balaban J connectivity index is 0.000000517. The molecule has 0 radical (unpaired) electrons. The molecular formula is C25H25ClF3N5O7S. The first-order chi connectivity index (χ1) is 19.7. The maximum absolute atomic E-state index is 13.5. The Morgan fingerprint density at radius 1 is 1.14 bits per heavy atom. The number of fused-ring (bicyclic) bond motifs is 2. The van der Waals surface area contributed by atoms with Crippen LogP contribution in [0, 0.1) is 0 Å². The van der Waals surface area contributed by atoms with Gasteiger partial charge < -0.3 is 25.1 Å². The number of hydrogen-bond acceptors (Lipinski definition) is 8. The summed E-state index contributed by atoms with van der Waals surface area (Å²) in [6.07, 6.45) is -4.44. The summed E-state index contributed by atoms with van der Waals surface area (Å²) in [7, 11) is -2.47. The number of nitrogens with one attached hydrogen (secondary N) is 2. The molecule has 3 aromatic rings. The van der Waals surface area contributed by atoms with E-state index in [0.29, 0.717) is 23.7 Å². The van der Waals surface area contributed by atoms with Crippen molar-refractivity contribution < 1.29 is 45.5 Å². The average Bonchev–Trinajstić information content (AvgIpc) is 3.40. The molecule has 1 atom stereocenters. The van der Waals surface area contributed by atoms with Gasteiger partial charge in [-0.2, -0.15) is 17.5 Å². The summed E-state index contributed by atoms with van der Waals surface area (Å²) in [6.45, 7) is 1.09. The molecule has 1 fully saturated rings. The number of piperazine rings is 1. The van der Waals surface area contributed by atoms with Crippen LogP contribution in [0.2, 0.25) is 5.02 Å². The quantitative estimate of drug-likeness (QED) is 0.391. The first-order valence-corrected chi connectivity index (χ1v) is 14.3. The summed E-state index contributed by atoms with van der Waals surface area (Å²) in [6, 6.07) is 8.98. The molecule has 42 heavy (non-hydrogen) atoms. The fraction of sp³-hybridized carbons (Fsp3) is 0.360. The number of aromatic nitrogens is 1. The second kappa shape index (κ2) is 12.2. The summed E-state index contributed by atoms with van der Waals surface area (Å²) in [5, 5.41) is 14.9. The maximum Gasteiger partial charge on any atom is 0.490 e. The van der Waals surface area contributed by atoms with Gasteiger partial charge in [0.25, 0.3) is 5.89 Å². The highest BCUT2D eigenvalue weighted by molar-refractivity contribution is 7.89. The fourth-order valence-corrected chi connectivity index (χ4v) is 6.11. The normalized spacial score (nSPS) is 17.6. The highest BCUT2D eigenvalue weighted by Gasteiger charge is 2.41. The van der Waals surface area contributed by atoms with Crippen LogP contribution in [-0.2, 0) is 32.6 Å². The third kappa shape index (κ3) is 6.67. The van der Waals surface area contributed by atoms with E-state index >= 15 is 0 Å². The van der Waals surface area contributed by atoms with Crippen molar-refractivity contribution in [3.63, 3.8) is 0 Å². The van der Waals surface area contributed by atoms with Gasteiger partial charge in [0, 0.05) is 44.7 Å². The molecule has 0 saturated carbocycles. The van der Waals surface area contributed by atoms with Gasteiger partial charge >= 0.3 is 18.1 Å². The maximum atomic E-state index is 13.5. The Morgan fingerprint density at radius 2 is 1.81 bits per heavy atom. The Morgan fingerprint density at radius 3 is 2.45 bits per heavy atom. The van der Waals surface area contributed by atoms with Gasteiger partial charge in [-0.05, 0) is 35.0 Å². The number of likely N-dealkylation sites (N-methyl/N-ethyl adjacent to an activating group) is 1. The first-order valence-electron chi connectivity index (χ1n) is 12.4. The smallest absolute Gasteiger partial charge is 0.475 e. The van der Waals surface area contributed by atoms with Crippen LogP contribution < -0.4 is 10.6 Å². The van der Waals surface area contributed by atoms with E-state index in [1.165, 1.54) is 22.3 Å². The molecule has 3 N–H and O–H groups in total. The van der Waals surface area contributed by atoms with Crippen molar-refractivity contribution in [2.24, 2.45) is 0 Å². The molecule has 1 aromatic heterocycles. The van der Waals surface area contributed by atoms with Crippen LogP contribution in [-0.4, -0.2) is 90.9 Å². The Bertz CT molecular complexity index is 1610. The number of carbonyl (C=O) groups excluding carboxylic acids is 2. The molecule has 0 bridgehead atoms. The molecule has 5 rings (SSSR count). The number of alkyl halides is 3. The monoisotopic (exact) mass is 631 g/mol. The minimum Gasteiger partial charge on any atom is -0.475 e. The molecule has 12 nitrogen and oxygen atoms in total. The lowest BCUT2D eigenvalue weighted by Gasteiger charge is -2.39. The van der Waals surface area contributed by atoms with E-state index in [4.69, 9.17) is 25.9 Å². The van der Waals surface area contributed by atoms with E-state index in [0.717, 1.165) is 23.0 Å². The van der Waals surface area contributed by atoms with Crippen LogP contribution in [0.5, 0.6) is 0 Å². The van der Waals surface area contributed by atoms with E-state index in [9.17, 15) is 31.2 Å². The molecule has 0 aliphatic carbocycles. The number of nitrogens with zero attached hydrogens (tertiary/aromatic N) is 3. The SMILES string of the molecule is CNC(=O)C1CN(S(=O)(=O)c2ccc3cc(Cl)ccc3c2)CCN1C(=O)c1nc2c(o1)CNCC2.O=C(O)C(F)(F)F. The molecule has 2 aliphatic rings. The third-order valence-corrected chi connectivity index (χ3v) is 8.69. The number of carbonyl (C=O) groups is 3. The second-order valence-electron chi connectivity index (χ2n) is 9.26. The number of rotatable bonds is 4. The highest BCUT2D eigenvalue weighted by atomic mass is 35.5. The number of aliphatic carboxylic acids is 1. The van der Waals surface area contributed by atoms with Crippen LogP contribution in [0.1, 0.15) is 22.1 Å². The average molecular weight is 632 g/mol. The van der Waals surface area contributed by atoms with Gasteiger partial charge in [-0.25, -0.2) is 18.2 Å². The van der Waals surface area contributed by atoms with Crippen molar-refractivity contribution in [2.45, 2.75) is 30.1 Å². The predicted molar refractivity (Wildman–Crippen MR) is 142 cm³/mol. The van der Waals surface area contributed by atoms with Crippen molar-refractivity contribution in [3.8, 4) is 0 Å². The summed E-state index contributed by atoms with van der Waals surface area (Å²) in [4.78, 5) is 40.6. The second-order valence-corrected chi connectivity index (χ2v) is 11.6. The Labute approximate surface area is 242 Å². The van der Waals surface area contributed by atoms with Gasteiger partial charge in [-0.1, -0.05) is 23.7 Å². The number of sulfonamides is 1. The minimum absolute atomic E-state index is 0.0185. The van der Waals surface area contributed by atoms with Crippen molar-refractivity contribution in [2.75, 3.05) is 33.2 Å². The zero-order valence-corrected chi connectivity index (χ0v) is 23.5. The number of benzene rings is 2. The zero-order valence-electron chi connectivity index (χ0n) is 21.9. The van der Waals surface area contributed by atoms with E-state index in [1.54, 1.807) is 30.3 Å². The lowest BCUT2D eigenvalue weighted by Crippen LogP contribution is -2.61. The first kappa shape index (κ1) is 31.2. The molecule has 0 spiro atoms. The summed E-state index contributed by atoms with van der Waals surface area (Å²) < 4.78 is 65.5. The van der Waals surface area contributed by atoms with Gasteiger partial charge in [0.2, 0.25) is 15.9 Å². The van der Waals surface area contributed by atoms with Crippen molar-refractivity contribution in [1.29, 1.82) is 0 Å². The van der Waals surface area contributed by atoms with Gasteiger partial charge in [0.1, 0.15) is 11.8 Å². The molecule has 2 aliphatic heterocycles. The van der Waals surface area contributed by atoms with E-state index in [-0.39, 0.29) is 30.4 Å². The minimum atomic E-state index is -5.08. The molecule has 3 heterocycles. The molecule has 1 saturated heterocycles. The fourth-order valence-electron chi connectivity index (χ4n) is 4.45. The summed E-state index contributed by atoms with van der Waals surface area (Å²) >= 11 is 6.03. The van der Waals surface area contributed by atoms with Gasteiger partial charge in [0.05, 0.1) is 17.1 Å². The number of oxazole rings is 1. The van der Waals surface area contributed by atoms with Gasteiger partial charge in [-0.15, -0.1) is 0 Å². The number of amides is 2. The predicted octanol–water partition coefficient (Wildman–Crippen LogP) is 2.02. The van der Waals surface area contributed by atoms with Crippen molar-refractivity contribution in [1.82, 2.24) is 24.8 Å². The largest absolute Gasteiger partial charge is 0.490 e. The molecular weight excluding hydrogens is 607 g/mol. The number of halogens is 4. The van der Waals surface area contributed by atoms with Crippen LogP contribution in [0.4, 0.5) is 13.2 Å². The van der Waals surface area contributed by atoms with Gasteiger partial charge in [0.15, 0.2) is 0 Å². The van der Waals surface area contributed by atoms with Gasteiger partial charge in [-0.3, -0.25) is 9.59 Å². The Kier molecular flexibility index (Phi) is 9.10. The van der Waals surface area contributed by atoms with Crippen LogP contribution in [0.3, 0.4) is 0 Å².